The molecule has 144 valence electrons. The molecule has 0 spiro atoms. The van der Waals surface area contributed by atoms with Gasteiger partial charge in [0.25, 0.3) is 0 Å². The van der Waals surface area contributed by atoms with Crippen LogP contribution in [0, 0.1) is 17.8 Å². The van der Waals surface area contributed by atoms with Crippen LogP contribution < -0.4 is 0 Å². The topological polar surface area (TPSA) is 35.9 Å². The highest BCUT2D eigenvalue weighted by Gasteiger charge is 2.39. The molecule has 2 saturated carbocycles. The summed E-state index contributed by atoms with van der Waals surface area (Å²) < 4.78 is 5.89. The lowest BCUT2D eigenvalue weighted by Gasteiger charge is -2.35. The van der Waals surface area contributed by atoms with Gasteiger partial charge in [-0.05, 0) is 42.6 Å². The molecule has 4 heteroatoms. The van der Waals surface area contributed by atoms with E-state index in [9.17, 15) is 5.11 Å². The minimum atomic E-state index is -0.353. The van der Waals surface area contributed by atoms with Crippen molar-refractivity contribution in [3.8, 4) is 0 Å². The molecule has 4 nitrogen and oxygen atoms in total. The number of hydrogen-bond acceptors (Lipinski definition) is 4. The summed E-state index contributed by atoms with van der Waals surface area (Å²) in [7, 11) is 0. The predicted octanol–water partition coefficient (Wildman–Crippen LogP) is 2.62. The Bertz CT molecular complexity index is 544. The molecule has 2 bridgehead atoms. The van der Waals surface area contributed by atoms with E-state index < -0.39 is 0 Å². The molecule has 1 aliphatic heterocycles. The van der Waals surface area contributed by atoms with E-state index in [0.29, 0.717) is 6.61 Å². The molecular weight excluding hydrogens is 324 g/mol. The summed E-state index contributed by atoms with van der Waals surface area (Å²) in [5.74, 6) is 2.66. The van der Waals surface area contributed by atoms with E-state index in [2.05, 4.69) is 40.1 Å². The van der Waals surface area contributed by atoms with Crippen molar-refractivity contribution >= 4 is 0 Å². The van der Waals surface area contributed by atoms with Gasteiger partial charge >= 0.3 is 0 Å². The number of ether oxygens (including phenoxy) is 1. The second-order valence-electron chi connectivity index (χ2n) is 8.69. The number of benzene rings is 1. The first kappa shape index (κ1) is 18.4. The van der Waals surface area contributed by atoms with Crippen molar-refractivity contribution in [1.29, 1.82) is 0 Å². The van der Waals surface area contributed by atoms with Gasteiger partial charge in [-0.1, -0.05) is 36.8 Å². The van der Waals surface area contributed by atoms with E-state index in [0.717, 1.165) is 63.6 Å². The van der Waals surface area contributed by atoms with E-state index >= 15 is 0 Å². The summed E-state index contributed by atoms with van der Waals surface area (Å²) in [5, 5.41) is 10.3. The second-order valence-corrected chi connectivity index (χ2v) is 8.69. The molecule has 4 rings (SSSR count). The number of rotatable bonds is 8. The maximum atomic E-state index is 10.3. The predicted molar refractivity (Wildman–Crippen MR) is 104 cm³/mol. The molecule has 1 heterocycles. The zero-order valence-corrected chi connectivity index (χ0v) is 15.9. The summed E-state index contributed by atoms with van der Waals surface area (Å²) in [4.78, 5) is 4.89. The maximum Gasteiger partial charge on any atom is 0.0900 e. The van der Waals surface area contributed by atoms with Gasteiger partial charge in [-0.3, -0.25) is 9.80 Å². The third-order valence-electron chi connectivity index (χ3n) is 6.71. The third kappa shape index (κ3) is 4.86. The first-order valence-corrected chi connectivity index (χ1v) is 10.5. The van der Waals surface area contributed by atoms with Gasteiger partial charge in [0.05, 0.1) is 12.7 Å². The number of fused-ring (bicyclic) bond motifs is 2. The van der Waals surface area contributed by atoms with Gasteiger partial charge in [0, 0.05) is 45.9 Å². The van der Waals surface area contributed by atoms with Gasteiger partial charge < -0.3 is 9.84 Å². The van der Waals surface area contributed by atoms with Gasteiger partial charge in [-0.2, -0.15) is 0 Å². The monoisotopic (exact) mass is 358 g/mol. The second kappa shape index (κ2) is 8.83. The van der Waals surface area contributed by atoms with E-state index in [1.807, 2.05) is 0 Å². The largest absolute Gasteiger partial charge is 0.389 e. The van der Waals surface area contributed by atoms with Gasteiger partial charge in [-0.15, -0.1) is 0 Å². The van der Waals surface area contributed by atoms with Crippen LogP contribution in [0.15, 0.2) is 30.3 Å². The van der Waals surface area contributed by atoms with Crippen molar-refractivity contribution in [2.24, 2.45) is 17.8 Å². The van der Waals surface area contributed by atoms with Gasteiger partial charge in [-0.25, -0.2) is 0 Å². The zero-order chi connectivity index (χ0) is 17.8. The van der Waals surface area contributed by atoms with Crippen LogP contribution in [0.3, 0.4) is 0 Å². The Balaban J connectivity index is 1.10. The van der Waals surface area contributed by atoms with Crippen molar-refractivity contribution in [3.05, 3.63) is 35.9 Å². The Kier molecular flexibility index (Phi) is 6.26. The minimum Gasteiger partial charge on any atom is -0.389 e. The van der Waals surface area contributed by atoms with Crippen LogP contribution in [-0.4, -0.2) is 66.9 Å². The number of hydrogen-bond donors (Lipinski definition) is 1. The van der Waals surface area contributed by atoms with Crippen LogP contribution in [0.5, 0.6) is 0 Å². The Hall–Kier alpha value is -0.940. The van der Waals surface area contributed by atoms with Crippen molar-refractivity contribution in [3.63, 3.8) is 0 Å². The quantitative estimate of drug-likeness (QED) is 0.775. The van der Waals surface area contributed by atoms with Crippen LogP contribution in [0.4, 0.5) is 0 Å². The molecule has 0 unspecified atom stereocenters. The van der Waals surface area contributed by atoms with Gasteiger partial charge in [0.1, 0.15) is 0 Å². The third-order valence-corrected chi connectivity index (χ3v) is 6.71. The van der Waals surface area contributed by atoms with Crippen molar-refractivity contribution in [1.82, 2.24) is 9.80 Å². The van der Waals surface area contributed by atoms with Crippen molar-refractivity contribution in [2.45, 2.75) is 38.3 Å². The van der Waals surface area contributed by atoms with Crippen molar-refractivity contribution < 1.29 is 9.84 Å². The van der Waals surface area contributed by atoms with E-state index in [4.69, 9.17) is 4.74 Å². The molecule has 3 aliphatic rings. The number of aliphatic hydroxyl groups is 1. The highest BCUT2D eigenvalue weighted by Crippen LogP contribution is 2.48. The Morgan fingerprint density at radius 3 is 2.46 bits per heavy atom. The Morgan fingerprint density at radius 2 is 1.77 bits per heavy atom. The number of piperazine rings is 1. The molecular formula is C22H34N2O2. The highest BCUT2D eigenvalue weighted by atomic mass is 16.5. The molecule has 1 aromatic rings. The first-order chi connectivity index (χ1) is 12.8. The number of β-amino-alcohol motifs (C(OH)–C–C–N with tert-alkyl or cyclic N) is 1. The lowest BCUT2D eigenvalue weighted by Crippen LogP contribution is -2.48. The molecule has 0 radical (unpaired) electrons. The molecule has 0 amide bonds. The van der Waals surface area contributed by atoms with Gasteiger partial charge in [0.2, 0.25) is 0 Å². The first-order valence-electron chi connectivity index (χ1n) is 10.5. The molecule has 0 aromatic heterocycles. The fourth-order valence-corrected chi connectivity index (χ4v) is 5.26. The zero-order valence-electron chi connectivity index (χ0n) is 15.9. The molecule has 1 N–H and O–H groups in total. The standard InChI is InChI=1S/C22H34N2O2/c25-22(17-26-16-21-13-19-6-7-20(21)12-19)15-24-10-8-23(9-11-24)14-18-4-2-1-3-5-18/h1-5,19-22,25H,6-17H2/t19-,20-,21+,22-/m0/s1. The average Bonchev–Trinajstić information content (AvgIpc) is 3.27. The lowest BCUT2D eigenvalue weighted by atomic mass is 9.90. The van der Waals surface area contributed by atoms with Gasteiger partial charge in [0.15, 0.2) is 0 Å². The summed E-state index contributed by atoms with van der Waals surface area (Å²) in [5.41, 5.74) is 1.38. The lowest BCUT2D eigenvalue weighted by molar-refractivity contribution is -0.00897. The van der Waals surface area contributed by atoms with Crippen LogP contribution in [0.1, 0.15) is 31.2 Å². The molecule has 26 heavy (non-hydrogen) atoms. The van der Waals surface area contributed by atoms with Crippen LogP contribution in [0.25, 0.3) is 0 Å². The van der Waals surface area contributed by atoms with E-state index in [-0.39, 0.29) is 6.10 Å². The molecule has 2 aliphatic carbocycles. The Morgan fingerprint density at radius 1 is 1.00 bits per heavy atom. The number of aliphatic hydroxyl groups excluding tert-OH is 1. The smallest absolute Gasteiger partial charge is 0.0900 e. The average molecular weight is 359 g/mol. The molecule has 1 aromatic carbocycles. The summed E-state index contributed by atoms with van der Waals surface area (Å²) >= 11 is 0. The normalized spacial score (nSPS) is 30.7. The molecule has 4 atom stereocenters. The van der Waals surface area contributed by atoms with E-state index in [1.54, 1.807) is 0 Å². The number of nitrogens with zero attached hydrogens (tertiary/aromatic N) is 2. The molecule has 3 fully saturated rings. The summed E-state index contributed by atoms with van der Waals surface area (Å²) in [6, 6.07) is 10.7. The van der Waals surface area contributed by atoms with Crippen molar-refractivity contribution in [2.75, 3.05) is 45.9 Å². The fourth-order valence-electron chi connectivity index (χ4n) is 5.26. The minimum absolute atomic E-state index is 0.353. The SMILES string of the molecule is O[C@H](COC[C@H]1C[C@H]2CC[C@H]1C2)CN1CCN(Cc2ccccc2)CC1. The molecule has 1 saturated heterocycles. The summed E-state index contributed by atoms with van der Waals surface area (Å²) in [6.07, 6.45) is 5.30. The van der Waals surface area contributed by atoms with Crippen LogP contribution in [0.2, 0.25) is 0 Å². The maximum absolute atomic E-state index is 10.3. The fraction of sp³-hybridized carbons (Fsp3) is 0.727. The summed E-state index contributed by atoms with van der Waals surface area (Å²) in [6.45, 7) is 7.37. The van der Waals surface area contributed by atoms with Crippen LogP contribution in [-0.2, 0) is 11.3 Å². The van der Waals surface area contributed by atoms with Crippen LogP contribution >= 0.6 is 0 Å². The Labute approximate surface area is 158 Å². The van der Waals surface area contributed by atoms with E-state index in [1.165, 1.54) is 31.2 Å². The highest BCUT2D eigenvalue weighted by molar-refractivity contribution is 5.14.